The van der Waals surface area contributed by atoms with Crippen LogP contribution in [-0.4, -0.2) is 90.9 Å². The maximum Gasteiger partial charge on any atom is 0.290 e. The zero-order valence-corrected chi connectivity index (χ0v) is 32.1. The van der Waals surface area contributed by atoms with Crippen LogP contribution in [0.15, 0.2) is 30.3 Å². The molecule has 7 N–H and O–H groups in total. The highest BCUT2D eigenvalue weighted by molar-refractivity contribution is 6.38. The molecule has 0 aliphatic carbocycles. The molecule has 0 unspecified atom stereocenters. The Morgan fingerprint density at radius 3 is 1.78 bits per heavy atom. The Hall–Kier alpha value is -4.33. The molecule has 14 nitrogen and oxygen atoms in total. The molecule has 1 aromatic rings. The number of Topliss-reactive ketones (excluding diaryl/α,β-unsaturated/α-hetero) is 1. The highest BCUT2D eigenvalue weighted by Crippen LogP contribution is 2.24. The largest absolute Gasteiger partial charge is 0.349 e. The molecule has 0 heterocycles. The van der Waals surface area contributed by atoms with E-state index in [1.807, 2.05) is 37.3 Å². The van der Waals surface area contributed by atoms with Crippen LogP contribution in [-0.2, 0) is 33.6 Å². The fourth-order valence-corrected chi connectivity index (χ4v) is 5.15. The summed E-state index contributed by atoms with van der Waals surface area (Å²) in [5.41, 5.74) is 4.76. The van der Waals surface area contributed by atoms with Gasteiger partial charge in [-0.2, -0.15) is 0 Å². The lowest BCUT2D eigenvalue weighted by Gasteiger charge is -2.36. The van der Waals surface area contributed by atoms with Crippen LogP contribution in [0.5, 0.6) is 0 Å². The normalized spacial score (nSPS) is 14.5. The van der Waals surface area contributed by atoms with Gasteiger partial charge in [-0.1, -0.05) is 85.2 Å². The first-order valence-electron chi connectivity index (χ1n) is 17.6. The van der Waals surface area contributed by atoms with Crippen LogP contribution in [0.3, 0.4) is 0 Å². The van der Waals surface area contributed by atoms with Gasteiger partial charge in [-0.15, -0.1) is 0 Å². The van der Waals surface area contributed by atoms with Crippen LogP contribution in [0.2, 0.25) is 0 Å². The molecular weight excluding hydrogens is 654 g/mol. The Morgan fingerprint density at radius 2 is 1.27 bits per heavy atom. The number of nitrogens with one attached hydrogen (secondary N) is 5. The number of hydrogen-bond acceptors (Lipinski definition) is 8. The van der Waals surface area contributed by atoms with Crippen LogP contribution in [0.25, 0.3) is 0 Å². The molecule has 1 aromatic carbocycles. The number of nitrogens with zero attached hydrogens (tertiary/aromatic N) is 1. The fraction of sp³-hybridized carbons (Fsp3) is 0.649. The summed E-state index contributed by atoms with van der Waals surface area (Å²) in [4.78, 5) is 93.7. The maximum atomic E-state index is 13.8. The second kappa shape index (κ2) is 20.5. The smallest absolute Gasteiger partial charge is 0.290 e. The Balaban J connectivity index is 3.18. The SMILES string of the molecule is CC[C@@H](NC(=O)C(=O)[C@H](C)NC(=O)[C@H](CC(=O)N(C)C)NC(=O)[C@@H](NC(=O)[C@@H](NC(=O)CCCCCN)C(C)(C)C)C(C)(C)C)c1ccccc1. The van der Waals surface area contributed by atoms with Crippen LogP contribution in [0.4, 0.5) is 0 Å². The van der Waals surface area contributed by atoms with Gasteiger partial charge in [0.15, 0.2) is 0 Å². The lowest BCUT2D eigenvalue weighted by Crippen LogP contribution is -2.62. The second-order valence-electron chi connectivity index (χ2n) is 15.3. The zero-order valence-electron chi connectivity index (χ0n) is 32.1. The van der Waals surface area contributed by atoms with Crippen molar-refractivity contribution in [2.75, 3.05) is 20.6 Å². The summed E-state index contributed by atoms with van der Waals surface area (Å²) in [7, 11) is 2.98. The molecule has 0 bridgehead atoms. The average Bonchev–Trinajstić information content (AvgIpc) is 3.04. The lowest BCUT2D eigenvalue weighted by molar-refractivity contribution is -0.141. The number of rotatable bonds is 19. The van der Waals surface area contributed by atoms with E-state index in [1.54, 1.807) is 41.5 Å². The van der Waals surface area contributed by atoms with Gasteiger partial charge in [-0.3, -0.25) is 33.6 Å². The van der Waals surface area contributed by atoms with Gasteiger partial charge in [0.05, 0.1) is 18.5 Å². The van der Waals surface area contributed by atoms with Crippen molar-refractivity contribution in [2.24, 2.45) is 16.6 Å². The summed E-state index contributed by atoms with van der Waals surface area (Å²) in [5, 5.41) is 13.3. The quantitative estimate of drug-likeness (QED) is 0.0918. The molecule has 0 saturated heterocycles. The minimum atomic E-state index is -1.45. The van der Waals surface area contributed by atoms with Gasteiger partial charge >= 0.3 is 0 Å². The third-order valence-corrected chi connectivity index (χ3v) is 8.36. The predicted molar refractivity (Wildman–Crippen MR) is 196 cm³/mol. The molecule has 0 aliphatic rings. The van der Waals surface area contributed by atoms with E-state index in [2.05, 4.69) is 26.6 Å². The van der Waals surface area contributed by atoms with Gasteiger partial charge in [0, 0.05) is 20.5 Å². The number of benzene rings is 1. The van der Waals surface area contributed by atoms with Crippen molar-refractivity contribution in [3.8, 4) is 0 Å². The molecule has 0 saturated carbocycles. The monoisotopic (exact) mass is 715 g/mol. The van der Waals surface area contributed by atoms with Gasteiger partial charge in [-0.25, -0.2) is 0 Å². The van der Waals surface area contributed by atoms with Gasteiger partial charge in [0.2, 0.25) is 35.3 Å². The molecule has 0 fully saturated rings. The van der Waals surface area contributed by atoms with E-state index >= 15 is 0 Å². The maximum absolute atomic E-state index is 13.8. The number of carbonyl (C=O) groups excluding carboxylic acids is 7. The molecule has 286 valence electrons. The Morgan fingerprint density at radius 1 is 0.725 bits per heavy atom. The van der Waals surface area contributed by atoms with E-state index in [1.165, 1.54) is 25.9 Å². The predicted octanol–water partition coefficient (Wildman–Crippen LogP) is 1.87. The van der Waals surface area contributed by atoms with Gasteiger partial charge < -0.3 is 37.2 Å². The van der Waals surface area contributed by atoms with E-state index in [0.29, 0.717) is 19.4 Å². The molecule has 1 rings (SSSR count). The van der Waals surface area contributed by atoms with Gasteiger partial charge in [0.1, 0.15) is 18.1 Å². The summed E-state index contributed by atoms with van der Waals surface area (Å²) < 4.78 is 0. The Bertz CT molecular complexity index is 1350. The molecular formula is C37H61N7O7. The number of unbranched alkanes of at least 4 members (excludes halogenated alkanes) is 2. The minimum absolute atomic E-state index is 0.217. The molecule has 0 radical (unpaired) electrons. The third kappa shape index (κ3) is 15.2. The van der Waals surface area contributed by atoms with Crippen LogP contribution < -0.4 is 32.3 Å². The Labute approximate surface area is 303 Å². The zero-order chi connectivity index (χ0) is 39.1. The van der Waals surface area contributed by atoms with E-state index < -0.39 is 82.8 Å². The lowest BCUT2D eigenvalue weighted by atomic mass is 9.83. The highest BCUT2D eigenvalue weighted by atomic mass is 16.2. The number of amides is 6. The molecule has 14 heteroatoms. The van der Waals surface area contributed by atoms with Crippen molar-refractivity contribution in [2.45, 2.75) is 124 Å². The first kappa shape index (κ1) is 44.7. The molecule has 51 heavy (non-hydrogen) atoms. The van der Waals surface area contributed by atoms with E-state index in [9.17, 15) is 33.6 Å². The second-order valence-corrected chi connectivity index (χ2v) is 15.3. The summed E-state index contributed by atoms with van der Waals surface area (Å²) in [5.74, 6) is -4.81. The van der Waals surface area contributed by atoms with E-state index in [-0.39, 0.29) is 12.3 Å². The van der Waals surface area contributed by atoms with Gasteiger partial charge in [0.25, 0.3) is 5.91 Å². The van der Waals surface area contributed by atoms with E-state index in [0.717, 1.165) is 18.4 Å². The van der Waals surface area contributed by atoms with Crippen molar-refractivity contribution in [3.63, 3.8) is 0 Å². The van der Waals surface area contributed by atoms with Crippen molar-refractivity contribution >= 4 is 41.2 Å². The average molecular weight is 716 g/mol. The minimum Gasteiger partial charge on any atom is -0.349 e. The first-order chi connectivity index (χ1) is 23.6. The fourth-order valence-electron chi connectivity index (χ4n) is 5.15. The van der Waals surface area contributed by atoms with Crippen LogP contribution >= 0.6 is 0 Å². The van der Waals surface area contributed by atoms with Crippen LogP contribution in [0.1, 0.15) is 106 Å². The molecule has 0 aromatic heterocycles. The summed E-state index contributed by atoms with van der Waals surface area (Å²) >= 11 is 0. The van der Waals surface area contributed by atoms with E-state index in [4.69, 9.17) is 5.73 Å². The highest BCUT2D eigenvalue weighted by Gasteiger charge is 2.40. The topological polar surface area (TPSA) is 209 Å². The van der Waals surface area contributed by atoms with Crippen molar-refractivity contribution in [1.29, 1.82) is 0 Å². The number of nitrogens with two attached hydrogens (primary N) is 1. The standard InChI is InChI=1S/C37H61N7O7/c1-11-25(24-18-14-12-15-19-24)40-33(49)29(47)23(2)39-32(48)26(22-28(46)44(9)10)41-34(50)31(37(6,7)8)43-35(51)30(36(3,4)5)42-27(45)20-16-13-17-21-38/h12,14-15,18-19,23,25-26,30-31H,11,13,16-17,20-22,38H2,1-10H3,(H,39,48)(H,40,49)(H,41,50)(H,42,45)(H,43,51)/t23-,25+,26-,30+,31+/m0/s1. The molecule has 0 spiro atoms. The Kier molecular flexibility index (Phi) is 18.0. The molecule has 0 aliphatic heterocycles. The summed E-state index contributed by atoms with van der Waals surface area (Å²) in [6.45, 7) is 14.3. The van der Waals surface area contributed by atoms with Gasteiger partial charge in [-0.05, 0) is 49.1 Å². The molecule has 6 amide bonds. The first-order valence-corrected chi connectivity index (χ1v) is 17.6. The number of ketones is 1. The molecule has 5 atom stereocenters. The summed E-state index contributed by atoms with van der Waals surface area (Å²) in [6.07, 6.45) is 2.46. The number of hydrogen-bond donors (Lipinski definition) is 6. The summed E-state index contributed by atoms with van der Waals surface area (Å²) in [6, 6.07) is 3.79. The van der Waals surface area contributed by atoms with Crippen molar-refractivity contribution < 1.29 is 33.6 Å². The van der Waals surface area contributed by atoms with Crippen molar-refractivity contribution in [1.82, 2.24) is 31.5 Å². The van der Waals surface area contributed by atoms with Crippen LogP contribution in [0, 0.1) is 10.8 Å². The number of carbonyl (C=O) groups is 7. The third-order valence-electron chi connectivity index (χ3n) is 8.36. The van der Waals surface area contributed by atoms with Crippen molar-refractivity contribution in [3.05, 3.63) is 35.9 Å².